The van der Waals surface area contributed by atoms with Crippen LogP contribution >= 0.6 is 0 Å². The Morgan fingerprint density at radius 1 is 1.38 bits per heavy atom. The van der Waals surface area contributed by atoms with Gasteiger partial charge in [0.05, 0.1) is 6.54 Å². The first-order chi connectivity index (χ1) is 11.6. The molecule has 24 heavy (non-hydrogen) atoms. The lowest BCUT2D eigenvalue weighted by molar-refractivity contribution is 0.0958. The molecule has 3 rings (SSSR count). The molecule has 2 heterocycles. The van der Waals surface area contributed by atoms with Crippen LogP contribution in [0.15, 0.2) is 28.8 Å². The van der Waals surface area contributed by atoms with Crippen LogP contribution in [0.1, 0.15) is 41.3 Å². The molecule has 1 aliphatic rings. The highest BCUT2D eigenvalue weighted by molar-refractivity contribution is 5.87. The van der Waals surface area contributed by atoms with Crippen molar-refractivity contribution < 1.29 is 13.7 Å². The summed E-state index contributed by atoms with van der Waals surface area (Å²) in [6, 6.07) is 6.71. The van der Waals surface area contributed by atoms with Crippen molar-refractivity contribution >= 4 is 5.91 Å². The Morgan fingerprint density at radius 3 is 2.88 bits per heavy atom. The maximum atomic E-state index is 12.9. The Hall–Kier alpha value is -2.28. The maximum Gasteiger partial charge on any atom is 0.315 e. The van der Waals surface area contributed by atoms with Gasteiger partial charge in [0.1, 0.15) is 5.82 Å². The van der Waals surface area contributed by atoms with Crippen molar-refractivity contribution in [3.05, 3.63) is 47.4 Å². The fourth-order valence-electron chi connectivity index (χ4n) is 3.17. The van der Waals surface area contributed by atoms with Gasteiger partial charge in [-0.15, -0.1) is 0 Å². The third-order valence-corrected chi connectivity index (χ3v) is 4.40. The first-order valence-corrected chi connectivity index (χ1v) is 8.19. The van der Waals surface area contributed by atoms with Gasteiger partial charge in [-0.05, 0) is 55.8 Å². The van der Waals surface area contributed by atoms with Gasteiger partial charge in [0.2, 0.25) is 0 Å². The number of primary amides is 1. The van der Waals surface area contributed by atoms with E-state index in [1.807, 2.05) is 12.1 Å². The van der Waals surface area contributed by atoms with Gasteiger partial charge in [-0.3, -0.25) is 9.69 Å². The van der Waals surface area contributed by atoms with Crippen LogP contribution in [0.3, 0.4) is 0 Å². The minimum atomic E-state index is -0.704. The van der Waals surface area contributed by atoms with E-state index in [0.717, 1.165) is 37.9 Å². The number of carbonyl (C=O) groups excluding carboxylic acids is 1. The van der Waals surface area contributed by atoms with E-state index in [9.17, 15) is 9.18 Å². The van der Waals surface area contributed by atoms with Crippen molar-refractivity contribution in [1.29, 1.82) is 0 Å². The van der Waals surface area contributed by atoms with Crippen LogP contribution in [0.25, 0.3) is 0 Å². The fraction of sp³-hybridized carbons (Fsp3) is 0.471. The zero-order chi connectivity index (χ0) is 16.9. The molecular weight excluding hydrogens is 311 g/mol. The van der Waals surface area contributed by atoms with E-state index in [-0.39, 0.29) is 11.7 Å². The van der Waals surface area contributed by atoms with Crippen molar-refractivity contribution in [2.75, 3.05) is 13.1 Å². The van der Waals surface area contributed by atoms with E-state index >= 15 is 0 Å². The number of rotatable bonds is 6. The average molecular weight is 332 g/mol. The lowest BCUT2D eigenvalue weighted by Gasteiger charge is -2.31. The summed E-state index contributed by atoms with van der Waals surface area (Å²) in [5, 5.41) is 3.79. The van der Waals surface area contributed by atoms with Gasteiger partial charge in [0.25, 0.3) is 0 Å². The van der Waals surface area contributed by atoms with E-state index in [4.69, 9.17) is 10.3 Å². The largest absolute Gasteiger partial charge is 0.361 e. The Labute approximate surface area is 139 Å². The molecule has 2 aromatic rings. The molecule has 0 saturated carbocycles. The third kappa shape index (κ3) is 4.38. The molecule has 1 saturated heterocycles. The van der Waals surface area contributed by atoms with Crippen molar-refractivity contribution in [2.24, 2.45) is 11.7 Å². The predicted octanol–water partition coefficient (Wildman–Crippen LogP) is 2.15. The number of nitrogens with zero attached hydrogens (tertiary/aromatic N) is 3. The summed E-state index contributed by atoms with van der Waals surface area (Å²) in [6.07, 6.45) is 4.33. The van der Waals surface area contributed by atoms with Crippen LogP contribution in [0.4, 0.5) is 4.39 Å². The van der Waals surface area contributed by atoms with Crippen LogP contribution in [-0.2, 0) is 13.0 Å². The Balaban J connectivity index is 1.50. The smallest absolute Gasteiger partial charge is 0.315 e. The number of piperidine rings is 1. The number of carbonyl (C=O) groups is 1. The van der Waals surface area contributed by atoms with E-state index < -0.39 is 5.91 Å². The van der Waals surface area contributed by atoms with E-state index in [2.05, 4.69) is 15.0 Å². The maximum absolute atomic E-state index is 12.9. The van der Waals surface area contributed by atoms with Crippen LogP contribution in [0.2, 0.25) is 0 Å². The van der Waals surface area contributed by atoms with Gasteiger partial charge in [0.15, 0.2) is 5.82 Å². The highest BCUT2D eigenvalue weighted by Gasteiger charge is 2.22. The molecule has 0 aliphatic carbocycles. The SMILES string of the molecule is NC(=O)c1nc(CN2CCC[C@@H](CCc3ccc(F)cc3)C2)no1. The van der Waals surface area contributed by atoms with Gasteiger partial charge in [0, 0.05) is 6.54 Å². The van der Waals surface area contributed by atoms with Gasteiger partial charge in [-0.25, -0.2) is 4.39 Å². The summed E-state index contributed by atoms with van der Waals surface area (Å²) in [6.45, 7) is 2.50. The molecule has 1 amide bonds. The number of aryl methyl sites for hydroxylation is 1. The average Bonchev–Trinajstić information content (AvgIpc) is 3.03. The topological polar surface area (TPSA) is 85.3 Å². The predicted molar refractivity (Wildman–Crippen MR) is 85.5 cm³/mol. The van der Waals surface area contributed by atoms with E-state index in [1.165, 1.54) is 18.6 Å². The van der Waals surface area contributed by atoms with Crippen LogP contribution in [0.5, 0.6) is 0 Å². The number of aromatic nitrogens is 2. The quantitative estimate of drug-likeness (QED) is 0.876. The minimum Gasteiger partial charge on any atom is -0.361 e. The van der Waals surface area contributed by atoms with Crippen LogP contribution in [0, 0.1) is 11.7 Å². The molecule has 1 atom stereocenters. The van der Waals surface area contributed by atoms with Crippen molar-refractivity contribution in [3.63, 3.8) is 0 Å². The second-order valence-corrected chi connectivity index (χ2v) is 6.29. The van der Waals surface area contributed by atoms with Crippen molar-refractivity contribution in [1.82, 2.24) is 15.0 Å². The lowest BCUT2D eigenvalue weighted by Crippen LogP contribution is -2.35. The first-order valence-electron chi connectivity index (χ1n) is 8.19. The van der Waals surface area contributed by atoms with Crippen LogP contribution < -0.4 is 5.73 Å². The Bertz CT molecular complexity index is 686. The highest BCUT2D eigenvalue weighted by Crippen LogP contribution is 2.22. The Morgan fingerprint density at radius 2 is 2.17 bits per heavy atom. The number of halogens is 1. The summed E-state index contributed by atoms with van der Waals surface area (Å²) in [7, 11) is 0. The number of hydrogen-bond donors (Lipinski definition) is 1. The number of likely N-dealkylation sites (tertiary alicyclic amines) is 1. The normalized spacial score (nSPS) is 18.6. The molecule has 0 unspecified atom stereocenters. The number of benzene rings is 1. The third-order valence-electron chi connectivity index (χ3n) is 4.40. The molecule has 1 aromatic carbocycles. The van der Waals surface area contributed by atoms with Gasteiger partial charge < -0.3 is 10.3 Å². The zero-order valence-electron chi connectivity index (χ0n) is 13.4. The number of hydrogen-bond acceptors (Lipinski definition) is 5. The molecule has 2 N–H and O–H groups in total. The summed E-state index contributed by atoms with van der Waals surface area (Å²) in [5.74, 6) is 0.0340. The fourth-order valence-corrected chi connectivity index (χ4v) is 3.17. The zero-order valence-corrected chi connectivity index (χ0v) is 13.4. The molecule has 1 fully saturated rings. The standard InChI is InChI=1S/C17H21FN4O2/c18-14-7-5-12(6-8-14)3-4-13-2-1-9-22(10-13)11-15-20-17(16(19)23)24-21-15/h5-8,13H,1-4,9-11H2,(H2,19,23)/t13-/m0/s1. The first kappa shape index (κ1) is 16.6. The molecule has 1 aromatic heterocycles. The molecule has 1 aliphatic heterocycles. The summed E-state index contributed by atoms with van der Waals surface area (Å²) in [5.41, 5.74) is 6.28. The van der Waals surface area contributed by atoms with Gasteiger partial charge in [-0.2, -0.15) is 4.98 Å². The lowest BCUT2D eigenvalue weighted by atomic mass is 9.91. The number of nitrogens with two attached hydrogens (primary N) is 1. The monoisotopic (exact) mass is 332 g/mol. The van der Waals surface area contributed by atoms with E-state index in [0.29, 0.717) is 18.3 Å². The van der Waals surface area contributed by atoms with Crippen molar-refractivity contribution in [3.8, 4) is 0 Å². The molecule has 0 spiro atoms. The molecule has 0 radical (unpaired) electrons. The molecule has 6 nitrogen and oxygen atoms in total. The summed E-state index contributed by atoms with van der Waals surface area (Å²) < 4.78 is 17.8. The molecule has 0 bridgehead atoms. The number of amides is 1. The highest BCUT2D eigenvalue weighted by atomic mass is 19.1. The van der Waals surface area contributed by atoms with Gasteiger partial charge >= 0.3 is 11.8 Å². The van der Waals surface area contributed by atoms with Crippen LogP contribution in [-0.4, -0.2) is 34.0 Å². The minimum absolute atomic E-state index is 0.144. The molecule has 128 valence electrons. The van der Waals surface area contributed by atoms with Crippen molar-refractivity contribution in [2.45, 2.75) is 32.2 Å². The molecule has 7 heteroatoms. The van der Waals surface area contributed by atoms with E-state index in [1.54, 1.807) is 0 Å². The second-order valence-electron chi connectivity index (χ2n) is 6.29. The summed E-state index contributed by atoms with van der Waals surface area (Å²) in [4.78, 5) is 17.3. The Kier molecular flexibility index (Phi) is 5.20. The second kappa shape index (κ2) is 7.53. The molecular formula is C17H21FN4O2. The van der Waals surface area contributed by atoms with Gasteiger partial charge in [-0.1, -0.05) is 17.3 Å². The summed E-state index contributed by atoms with van der Waals surface area (Å²) >= 11 is 0.